The van der Waals surface area contributed by atoms with Gasteiger partial charge in [-0.1, -0.05) is 23.2 Å². The van der Waals surface area contributed by atoms with Gasteiger partial charge in [0, 0.05) is 24.9 Å². The number of hydrogen-bond donors (Lipinski definition) is 1. The van der Waals surface area contributed by atoms with Crippen molar-refractivity contribution < 1.29 is 21.9 Å². The Morgan fingerprint density at radius 2 is 1.76 bits per heavy atom. The van der Waals surface area contributed by atoms with Crippen LogP contribution in [0.25, 0.3) is 0 Å². The van der Waals surface area contributed by atoms with Crippen LogP contribution in [-0.4, -0.2) is 51.8 Å². The van der Waals surface area contributed by atoms with Gasteiger partial charge in [-0.2, -0.15) is 4.31 Å². The number of sulfonamides is 1. The Hall–Kier alpha value is -0.380. The zero-order valence-electron chi connectivity index (χ0n) is 11.4. The minimum Gasteiger partial charge on any atom is -0.392 e. The molecule has 21 heavy (non-hydrogen) atoms. The van der Waals surface area contributed by atoms with E-state index < -0.39 is 26.5 Å². The summed E-state index contributed by atoms with van der Waals surface area (Å²) in [5.41, 5.74) is 0.180. The highest BCUT2D eigenvalue weighted by molar-refractivity contribution is 7.91. The van der Waals surface area contributed by atoms with Gasteiger partial charge < -0.3 is 5.11 Å². The second kappa shape index (κ2) is 6.80. The maximum absolute atomic E-state index is 12.4. The average molecular weight is 376 g/mol. The second-order valence-corrected chi connectivity index (χ2v) is 9.58. The molecular formula is C11H15Cl2NO5S2. The third-order valence-corrected chi connectivity index (χ3v) is 6.30. The molecule has 1 aromatic rings. The number of aliphatic hydroxyl groups is 1. The molecule has 0 unspecified atom stereocenters. The molecule has 0 saturated carbocycles. The Balaban J connectivity index is 3.22. The molecule has 0 aromatic heterocycles. The Bertz CT molecular complexity index is 731. The van der Waals surface area contributed by atoms with E-state index in [0.717, 1.165) is 16.6 Å². The first-order valence-corrected chi connectivity index (χ1v) is 9.97. The van der Waals surface area contributed by atoms with E-state index in [2.05, 4.69) is 0 Å². The highest BCUT2D eigenvalue weighted by Gasteiger charge is 2.26. The van der Waals surface area contributed by atoms with Crippen LogP contribution in [0.4, 0.5) is 0 Å². The van der Waals surface area contributed by atoms with E-state index in [1.54, 1.807) is 0 Å². The van der Waals surface area contributed by atoms with Crippen molar-refractivity contribution in [2.24, 2.45) is 0 Å². The summed E-state index contributed by atoms with van der Waals surface area (Å²) >= 11 is 11.8. The molecule has 0 amide bonds. The third-order valence-electron chi connectivity index (χ3n) is 2.71. The standard InChI is InChI=1S/C11H15Cl2NO5S2/c1-14(3-4-20(2,16)17)21(18,19)10-6-9(12)5-8(7-15)11(10)13/h5-6,15H,3-4,7H2,1-2H3. The van der Waals surface area contributed by atoms with Crippen molar-refractivity contribution in [3.8, 4) is 0 Å². The normalized spacial score (nSPS) is 12.9. The highest BCUT2D eigenvalue weighted by atomic mass is 35.5. The summed E-state index contributed by atoms with van der Waals surface area (Å²) in [6.45, 7) is -0.673. The summed E-state index contributed by atoms with van der Waals surface area (Å²) in [4.78, 5) is -0.267. The second-order valence-electron chi connectivity index (χ2n) is 4.49. The quantitative estimate of drug-likeness (QED) is 0.804. The van der Waals surface area contributed by atoms with Crippen LogP contribution in [0.2, 0.25) is 10.0 Å². The topological polar surface area (TPSA) is 91.8 Å². The van der Waals surface area contributed by atoms with Crippen molar-refractivity contribution in [2.45, 2.75) is 11.5 Å². The molecule has 0 aliphatic carbocycles. The number of hydrogen-bond acceptors (Lipinski definition) is 5. The van der Waals surface area contributed by atoms with Crippen molar-refractivity contribution in [3.05, 3.63) is 27.7 Å². The molecule has 0 saturated heterocycles. The van der Waals surface area contributed by atoms with Crippen LogP contribution in [0.1, 0.15) is 5.56 Å². The van der Waals surface area contributed by atoms with Gasteiger partial charge in [0.15, 0.2) is 0 Å². The van der Waals surface area contributed by atoms with Crippen LogP contribution in [0.15, 0.2) is 17.0 Å². The van der Waals surface area contributed by atoms with Crippen molar-refractivity contribution in [1.29, 1.82) is 0 Å². The average Bonchev–Trinajstić information content (AvgIpc) is 2.36. The number of halogens is 2. The lowest BCUT2D eigenvalue weighted by molar-refractivity contribution is 0.281. The lowest BCUT2D eigenvalue weighted by Crippen LogP contribution is -2.31. The number of nitrogens with zero attached hydrogens (tertiary/aromatic N) is 1. The molecule has 0 spiro atoms. The summed E-state index contributed by atoms with van der Waals surface area (Å²) in [5, 5.41) is 9.13. The van der Waals surface area contributed by atoms with E-state index >= 15 is 0 Å². The number of benzene rings is 1. The molecule has 0 atom stereocenters. The first kappa shape index (κ1) is 18.7. The van der Waals surface area contributed by atoms with E-state index in [1.165, 1.54) is 13.1 Å². The van der Waals surface area contributed by atoms with Gasteiger partial charge in [0.2, 0.25) is 10.0 Å². The Labute approximate surface area is 134 Å². The van der Waals surface area contributed by atoms with Gasteiger partial charge in [-0.15, -0.1) is 0 Å². The molecule has 0 aliphatic rings. The largest absolute Gasteiger partial charge is 0.392 e. The van der Waals surface area contributed by atoms with Crippen LogP contribution in [0.3, 0.4) is 0 Å². The van der Waals surface area contributed by atoms with Gasteiger partial charge in [0.1, 0.15) is 14.7 Å². The first-order chi connectivity index (χ1) is 9.49. The molecule has 0 aliphatic heterocycles. The molecule has 6 nitrogen and oxygen atoms in total. The molecule has 0 heterocycles. The molecule has 1 N–H and O–H groups in total. The van der Waals surface area contributed by atoms with E-state index in [0.29, 0.717) is 0 Å². The van der Waals surface area contributed by atoms with Gasteiger partial charge in [0.25, 0.3) is 0 Å². The fraction of sp³-hybridized carbons (Fsp3) is 0.455. The first-order valence-electron chi connectivity index (χ1n) is 5.72. The third kappa shape index (κ3) is 4.80. The lowest BCUT2D eigenvalue weighted by Gasteiger charge is -2.18. The van der Waals surface area contributed by atoms with Gasteiger partial charge >= 0.3 is 0 Å². The molecule has 1 aromatic carbocycles. The van der Waals surface area contributed by atoms with E-state index in [1.807, 2.05) is 0 Å². The maximum atomic E-state index is 12.4. The summed E-state index contributed by atoms with van der Waals surface area (Å²) in [6, 6.07) is 2.52. The number of sulfone groups is 1. The van der Waals surface area contributed by atoms with Gasteiger partial charge in [-0.05, 0) is 17.7 Å². The monoisotopic (exact) mass is 375 g/mol. The van der Waals surface area contributed by atoms with Crippen molar-refractivity contribution in [3.63, 3.8) is 0 Å². The smallest absolute Gasteiger partial charge is 0.244 e. The van der Waals surface area contributed by atoms with Crippen molar-refractivity contribution >= 4 is 43.1 Å². The molecule has 0 fully saturated rings. The van der Waals surface area contributed by atoms with Gasteiger partial charge in [0.05, 0.1) is 17.4 Å². The van der Waals surface area contributed by atoms with Crippen molar-refractivity contribution in [2.75, 3.05) is 25.6 Å². The van der Waals surface area contributed by atoms with E-state index in [4.69, 9.17) is 28.3 Å². The molecular weight excluding hydrogens is 361 g/mol. The number of aliphatic hydroxyl groups excluding tert-OH is 1. The van der Waals surface area contributed by atoms with Gasteiger partial charge in [-0.3, -0.25) is 0 Å². The van der Waals surface area contributed by atoms with Crippen LogP contribution >= 0.6 is 23.2 Å². The Morgan fingerprint density at radius 1 is 1.19 bits per heavy atom. The minimum absolute atomic E-state index is 0.110. The molecule has 120 valence electrons. The van der Waals surface area contributed by atoms with Crippen LogP contribution in [0, 0.1) is 0 Å². The predicted molar refractivity (Wildman–Crippen MR) is 81.9 cm³/mol. The number of rotatable bonds is 6. The maximum Gasteiger partial charge on any atom is 0.244 e. The zero-order valence-corrected chi connectivity index (χ0v) is 14.5. The summed E-state index contributed by atoms with van der Waals surface area (Å²) in [5.74, 6) is -0.312. The summed E-state index contributed by atoms with van der Waals surface area (Å²) < 4.78 is 47.9. The lowest BCUT2D eigenvalue weighted by atomic mass is 10.2. The van der Waals surface area contributed by atoms with E-state index in [9.17, 15) is 16.8 Å². The highest BCUT2D eigenvalue weighted by Crippen LogP contribution is 2.31. The molecule has 0 bridgehead atoms. The zero-order chi connectivity index (χ0) is 16.4. The van der Waals surface area contributed by atoms with Crippen LogP contribution in [-0.2, 0) is 26.5 Å². The Kier molecular flexibility index (Phi) is 6.05. The van der Waals surface area contributed by atoms with Crippen LogP contribution in [0.5, 0.6) is 0 Å². The predicted octanol–water partition coefficient (Wildman–Crippen LogP) is 1.15. The SMILES string of the molecule is CN(CCS(C)(=O)=O)S(=O)(=O)c1cc(Cl)cc(CO)c1Cl. The molecule has 1 rings (SSSR count). The summed E-state index contributed by atoms with van der Waals surface area (Å²) in [6.07, 6.45) is 1.02. The van der Waals surface area contributed by atoms with E-state index in [-0.39, 0.29) is 32.8 Å². The van der Waals surface area contributed by atoms with Crippen LogP contribution < -0.4 is 0 Å². The fourth-order valence-electron chi connectivity index (χ4n) is 1.50. The Morgan fingerprint density at radius 3 is 2.24 bits per heavy atom. The minimum atomic E-state index is -4.01. The molecule has 0 radical (unpaired) electrons. The van der Waals surface area contributed by atoms with Crippen molar-refractivity contribution in [1.82, 2.24) is 4.31 Å². The summed E-state index contributed by atoms with van der Waals surface area (Å²) in [7, 11) is -6.06. The molecule has 10 heteroatoms. The fourth-order valence-corrected chi connectivity index (χ4v) is 4.29. The van der Waals surface area contributed by atoms with Gasteiger partial charge in [-0.25, -0.2) is 16.8 Å².